The molecule has 0 aliphatic heterocycles. The van der Waals surface area contributed by atoms with Crippen molar-refractivity contribution in [1.82, 2.24) is 4.98 Å². The number of aromatic nitrogens is 1. The fourth-order valence-electron chi connectivity index (χ4n) is 1.19. The molecular weight excluding hydrogens is 214 g/mol. The van der Waals surface area contributed by atoms with Crippen LogP contribution in [0.2, 0.25) is 0 Å². The molecule has 66 valence electrons. The summed E-state index contributed by atoms with van der Waals surface area (Å²) in [7, 11) is 0. The van der Waals surface area contributed by atoms with E-state index < -0.39 is 0 Å². The van der Waals surface area contributed by atoms with Crippen molar-refractivity contribution in [3.05, 3.63) is 30.1 Å². The Balaban J connectivity index is 2.41. The van der Waals surface area contributed by atoms with E-state index in [9.17, 15) is 0 Å². The molecule has 1 aromatic heterocycles. The summed E-state index contributed by atoms with van der Waals surface area (Å²) in [6.45, 7) is 2.21. The summed E-state index contributed by atoms with van der Waals surface area (Å²) >= 11 is 3.65. The molecule has 1 aromatic rings. The number of hydrogen-bond donors (Lipinski definition) is 0. The second kappa shape index (κ2) is 5.31. The standard InChI is InChI=1S/C10H14BrN/c1-2-3-10(11)8-9-4-6-12-7-5-9/h4-7,10H,2-3,8H2,1H3. The van der Waals surface area contributed by atoms with Crippen LogP contribution in [0.5, 0.6) is 0 Å². The molecule has 0 saturated heterocycles. The number of hydrogen-bond acceptors (Lipinski definition) is 1. The molecule has 2 heteroatoms. The Morgan fingerprint density at radius 1 is 1.42 bits per heavy atom. The first kappa shape index (κ1) is 9.72. The first-order valence-electron chi connectivity index (χ1n) is 4.36. The Bertz CT molecular complexity index is 210. The first-order valence-corrected chi connectivity index (χ1v) is 5.27. The smallest absolute Gasteiger partial charge is 0.0270 e. The molecule has 1 nitrogen and oxygen atoms in total. The highest BCUT2D eigenvalue weighted by atomic mass is 79.9. The van der Waals surface area contributed by atoms with Gasteiger partial charge in [0.25, 0.3) is 0 Å². The molecule has 0 N–H and O–H groups in total. The van der Waals surface area contributed by atoms with Crippen molar-refractivity contribution in [2.75, 3.05) is 0 Å². The van der Waals surface area contributed by atoms with E-state index in [1.165, 1.54) is 18.4 Å². The molecule has 1 unspecified atom stereocenters. The summed E-state index contributed by atoms with van der Waals surface area (Å²) < 4.78 is 0. The number of halogens is 1. The van der Waals surface area contributed by atoms with Gasteiger partial charge in [-0.3, -0.25) is 4.98 Å². The topological polar surface area (TPSA) is 12.9 Å². The molecule has 0 aliphatic rings. The van der Waals surface area contributed by atoms with E-state index in [4.69, 9.17) is 0 Å². The van der Waals surface area contributed by atoms with Gasteiger partial charge in [-0.2, -0.15) is 0 Å². The molecular formula is C10H14BrN. The van der Waals surface area contributed by atoms with Gasteiger partial charge in [0.2, 0.25) is 0 Å². The van der Waals surface area contributed by atoms with Crippen molar-refractivity contribution < 1.29 is 0 Å². The number of alkyl halides is 1. The first-order chi connectivity index (χ1) is 5.83. The molecule has 0 spiro atoms. The van der Waals surface area contributed by atoms with Gasteiger partial charge in [-0.25, -0.2) is 0 Å². The highest BCUT2D eigenvalue weighted by molar-refractivity contribution is 9.09. The summed E-state index contributed by atoms with van der Waals surface area (Å²) in [5.41, 5.74) is 1.36. The largest absolute Gasteiger partial charge is 0.265 e. The van der Waals surface area contributed by atoms with E-state index in [0.717, 1.165) is 6.42 Å². The minimum absolute atomic E-state index is 0.616. The molecule has 0 aliphatic carbocycles. The predicted molar refractivity (Wildman–Crippen MR) is 55.6 cm³/mol. The molecule has 0 saturated carbocycles. The highest BCUT2D eigenvalue weighted by Gasteiger charge is 2.02. The molecule has 0 fully saturated rings. The molecule has 0 amide bonds. The van der Waals surface area contributed by atoms with Crippen molar-refractivity contribution in [3.63, 3.8) is 0 Å². The third-order valence-electron chi connectivity index (χ3n) is 1.81. The predicted octanol–water partition coefficient (Wildman–Crippen LogP) is 3.19. The van der Waals surface area contributed by atoms with E-state index >= 15 is 0 Å². The van der Waals surface area contributed by atoms with Gasteiger partial charge >= 0.3 is 0 Å². The van der Waals surface area contributed by atoms with Crippen LogP contribution in [0.15, 0.2) is 24.5 Å². The fourth-order valence-corrected chi connectivity index (χ4v) is 2.02. The van der Waals surface area contributed by atoms with E-state index in [1.807, 2.05) is 12.4 Å². The Kier molecular flexibility index (Phi) is 4.30. The minimum Gasteiger partial charge on any atom is -0.265 e. The molecule has 0 aromatic carbocycles. The summed E-state index contributed by atoms with van der Waals surface area (Å²) in [6.07, 6.45) is 7.28. The maximum absolute atomic E-state index is 3.98. The van der Waals surface area contributed by atoms with Crippen LogP contribution in [0.4, 0.5) is 0 Å². The third-order valence-corrected chi connectivity index (χ3v) is 2.59. The molecule has 0 bridgehead atoms. The van der Waals surface area contributed by atoms with Crippen molar-refractivity contribution in [2.45, 2.75) is 31.0 Å². The van der Waals surface area contributed by atoms with E-state index in [1.54, 1.807) is 0 Å². The maximum atomic E-state index is 3.98. The van der Waals surface area contributed by atoms with Gasteiger partial charge in [0.1, 0.15) is 0 Å². The quantitative estimate of drug-likeness (QED) is 0.721. The van der Waals surface area contributed by atoms with Gasteiger partial charge in [0, 0.05) is 17.2 Å². The van der Waals surface area contributed by atoms with E-state index in [0.29, 0.717) is 4.83 Å². The van der Waals surface area contributed by atoms with Gasteiger partial charge in [-0.1, -0.05) is 29.3 Å². The lowest BCUT2D eigenvalue weighted by molar-refractivity contribution is 0.744. The number of rotatable bonds is 4. The monoisotopic (exact) mass is 227 g/mol. The lowest BCUT2D eigenvalue weighted by atomic mass is 10.1. The van der Waals surface area contributed by atoms with Crippen LogP contribution >= 0.6 is 15.9 Å². The van der Waals surface area contributed by atoms with Crippen LogP contribution in [-0.4, -0.2) is 9.81 Å². The SMILES string of the molecule is CCCC(Br)Cc1ccncc1. The number of pyridine rings is 1. The van der Waals surface area contributed by atoms with Crippen LogP contribution < -0.4 is 0 Å². The third kappa shape index (κ3) is 3.35. The lowest BCUT2D eigenvalue weighted by Gasteiger charge is -2.06. The van der Waals surface area contributed by atoms with Crippen molar-refractivity contribution in [2.24, 2.45) is 0 Å². The molecule has 1 heterocycles. The van der Waals surface area contributed by atoms with Crippen molar-refractivity contribution >= 4 is 15.9 Å². The second-order valence-electron chi connectivity index (χ2n) is 2.95. The zero-order chi connectivity index (χ0) is 8.81. The normalized spacial score (nSPS) is 12.8. The Morgan fingerprint density at radius 2 is 2.08 bits per heavy atom. The minimum atomic E-state index is 0.616. The van der Waals surface area contributed by atoms with E-state index in [-0.39, 0.29) is 0 Å². The van der Waals surface area contributed by atoms with Crippen LogP contribution in [0.3, 0.4) is 0 Å². The second-order valence-corrected chi connectivity index (χ2v) is 4.24. The van der Waals surface area contributed by atoms with Gasteiger partial charge in [-0.05, 0) is 30.5 Å². The maximum Gasteiger partial charge on any atom is 0.0270 e. The van der Waals surface area contributed by atoms with Crippen LogP contribution in [0, 0.1) is 0 Å². The van der Waals surface area contributed by atoms with Crippen LogP contribution in [-0.2, 0) is 6.42 Å². The van der Waals surface area contributed by atoms with Crippen LogP contribution in [0.25, 0.3) is 0 Å². The summed E-state index contributed by atoms with van der Waals surface area (Å²) in [6, 6.07) is 4.15. The van der Waals surface area contributed by atoms with Crippen molar-refractivity contribution in [1.29, 1.82) is 0 Å². The Morgan fingerprint density at radius 3 is 2.67 bits per heavy atom. The summed E-state index contributed by atoms with van der Waals surface area (Å²) in [5.74, 6) is 0. The Hall–Kier alpha value is -0.370. The molecule has 0 radical (unpaired) electrons. The molecule has 1 rings (SSSR count). The van der Waals surface area contributed by atoms with Gasteiger partial charge in [0.15, 0.2) is 0 Å². The average molecular weight is 228 g/mol. The zero-order valence-electron chi connectivity index (χ0n) is 7.33. The summed E-state index contributed by atoms with van der Waals surface area (Å²) in [4.78, 5) is 4.60. The van der Waals surface area contributed by atoms with Crippen molar-refractivity contribution in [3.8, 4) is 0 Å². The average Bonchev–Trinajstić information content (AvgIpc) is 2.06. The highest BCUT2D eigenvalue weighted by Crippen LogP contribution is 2.13. The van der Waals surface area contributed by atoms with Gasteiger partial charge < -0.3 is 0 Å². The summed E-state index contributed by atoms with van der Waals surface area (Å²) in [5, 5.41) is 0. The molecule has 1 atom stereocenters. The fraction of sp³-hybridized carbons (Fsp3) is 0.500. The van der Waals surface area contributed by atoms with Gasteiger partial charge in [-0.15, -0.1) is 0 Å². The van der Waals surface area contributed by atoms with E-state index in [2.05, 4.69) is 40.0 Å². The van der Waals surface area contributed by atoms with Gasteiger partial charge in [0.05, 0.1) is 0 Å². The van der Waals surface area contributed by atoms with Crippen LogP contribution in [0.1, 0.15) is 25.3 Å². The molecule has 12 heavy (non-hydrogen) atoms. The Labute approximate surface area is 82.3 Å². The lowest BCUT2D eigenvalue weighted by Crippen LogP contribution is -2.01. The zero-order valence-corrected chi connectivity index (χ0v) is 8.92. The number of nitrogens with zero attached hydrogens (tertiary/aromatic N) is 1.